The summed E-state index contributed by atoms with van der Waals surface area (Å²) in [4.78, 5) is 0. The summed E-state index contributed by atoms with van der Waals surface area (Å²) in [5, 5.41) is 7.53. The fraction of sp³-hybridized carbons (Fsp3) is 0.800. The highest BCUT2D eigenvalue weighted by Crippen LogP contribution is 2.29. The van der Waals surface area contributed by atoms with Crippen LogP contribution in [0, 0.1) is 0 Å². The van der Waals surface area contributed by atoms with Crippen molar-refractivity contribution in [1.82, 2.24) is 14.8 Å². The Morgan fingerprint density at radius 2 is 2.22 bits per heavy atom. The predicted octanol–water partition coefficient (Wildman–Crippen LogP) is 1.51. The molecule has 2 rings (SSSR count). The lowest BCUT2D eigenvalue weighted by Gasteiger charge is -2.10. The predicted molar refractivity (Wildman–Crippen MR) is 66.1 cm³/mol. The molecule has 6 nitrogen and oxygen atoms in total. The van der Waals surface area contributed by atoms with E-state index in [1.807, 2.05) is 13.8 Å². The Morgan fingerprint density at radius 1 is 1.50 bits per heavy atom. The largest absolute Gasteiger partial charge is 0.378 e. The molecule has 1 aliphatic rings. The zero-order chi connectivity index (χ0) is 13.3. The van der Waals surface area contributed by atoms with Crippen molar-refractivity contribution in [2.24, 2.45) is 0 Å². The summed E-state index contributed by atoms with van der Waals surface area (Å²) >= 11 is 0. The molecule has 102 valence electrons. The molecule has 1 saturated heterocycles. The van der Waals surface area contributed by atoms with Crippen LogP contribution in [0.1, 0.15) is 38.4 Å². The number of aromatic nitrogens is 3. The molecule has 2 atom stereocenters. The van der Waals surface area contributed by atoms with E-state index in [0.717, 1.165) is 12.8 Å². The van der Waals surface area contributed by atoms with Gasteiger partial charge in [-0.2, -0.15) is 0 Å². The maximum absolute atomic E-state index is 11.4. The molecule has 8 heteroatoms. The first-order chi connectivity index (χ1) is 8.43. The van der Waals surface area contributed by atoms with Gasteiger partial charge in [-0.15, -0.1) is 10.2 Å². The molecule has 0 N–H and O–H groups in total. The SMILES string of the molecule is CCCn1c(C2COC(C)C2)nnc1S(=O)(=O)Cl. The highest BCUT2D eigenvalue weighted by molar-refractivity contribution is 8.13. The van der Waals surface area contributed by atoms with Crippen LogP contribution in [-0.4, -0.2) is 35.9 Å². The van der Waals surface area contributed by atoms with Gasteiger partial charge in [0.15, 0.2) is 0 Å². The van der Waals surface area contributed by atoms with Crippen LogP contribution in [0.3, 0.4) is 0 Å². The van der Waals surface area contributed by atoms with Gasteiger partial charge >= 0.3 is 0 Å². The van der Waals surface area contributed by atoms with E-state index in [9.17, 15) is 8.42 Å². The standard InChI is InChI=1S/C10H16ClN3O3S/c1-3-4-14-9(8-5-7(2)17-6-8)12-13-10(14)18(11,15)16/h7-8H,3-6H2,1-2H3. The molecule has 1 aromatic heterocycles. The lowest BCUT2D eigenvalue weighted by atomic mass is 10.1. The lowest BCUT2D eigenvalue weighted by molar-refractivity contribution is 0.123. The quantitative estimate of drug-likeness (QED) is 0.787. The molecule has 0 amide bonds. The van der Waals surface area contributed by atoms with Crippen molar-refractivity contribution in [2.75, 3.05) is 6.61 Å². The van der Waals surface area contributed by atoms with Crippen LogP contribution in [0.25, 0.3) is 0 Å². The Labute approximate surface area is 111 Å². The van der Waals surface area contributed by atoms with Crippen molar-refractivity contribution in [3.05, 3.63) is 5.82 Å². The summed E-state index contributed by atoms with van der Waals surface area (Å²) in [5.41, 5.74) is 0. The van der Waals surface area contributed by atoms with Crippen molar-refractivity contribution in [2.45, 2.75) is 50.4 Å². The van der Waals surface area contributed by atoms with Gasteiger partial charge < -0.3 is 9.30 Å². The average molecular weight is 294 g/mol. The van der Waals surface area contributed by atoms with Crippen LogP contribution in [0.5, 0.6) is 0 Å². The average Bonchev–Trinajstić information content (AvgIpc) is 2.83. The van der Waals surface area contributed by atoms with Crippen LogP contribution < -0.4 is 0 Å². The summed E-state index contributed by atoms with van der Waals surface area (Å²) in [5.74, 6) is 0.742. The van der Waals surface area contributed by atoms with Crippen LogP contribution in [0.4, 0.5) is 0 Å². The van der Waals surface area contributed by atoms with E-state index in [4.69, 9.17) is 15.4 Å². The van der Waals surface area contributed by atoms with Gasteiger partial charge in [0.2, 0.25) is 0 Å². The minimum atomic E-state index is -3.86. The van der Waals surface area contributed by atoms with Gasteiger partial charge in [-0.3, -0.25) is 0 Å². The summed E-state index contributed by atoms with van der Waals surface area (Å²) in [7, 11) is 1.51. The smallest absolute Gasteiger partial charge is 0.296 e. The summed E-state index contributed by atoms with van der Waals surface area (Å²) in [6, 6.07) is 0. The van der Waals surface area contributed by atoms with E-state index in [1.165, 1.54) is 0 Å². The molecule has 1 aromatic rings. The van der Waals surface area contributed by atoms with E-state index < -0.39 is 9.05 Å². The Bertz CT molecular complexity index is 528. The molecule has 2 unspecified atom stereocenters. The second-order valence-electron chi connectivity index (χ2n) is 4.51. The van der Waals surface area contributed by atoms with Gasteiger partial charge in [0, 0.05) is 23.1 Å². The maximum Gasteiger partial charge on any atom is 0.296 e. The van der Waals surface area contributed by atoms with E-state index >= 15 is 0 Å². The fourth-order valence-corrected chi connectivity index (χ4v) is 3.14. The number of ether oxygens (including phenoxy) is 1. The second-order valence-corrected chi connectivity index (χ2v) is 6.97. The zero-order valence-corrected chi connectivity index (χ0v) is 11.9. The summed E-state index contributed by atoms with van der Waals surface area (Å²) in [6.45, 7) is 5.03. The highest BCUT2D eigenvalue weighted by atomic mass is 35.7. The van der Waals surface area contributed by atoms with Gasteiger partial charge in [-0.05, 0) is 19.8 Å². The third-order valence-corrected chi connectivity index (χ3v) is 4.13. The van der Waals surface area contributed by atoms with Crippen molar-refractivity contribution in [3.63, 3.8) is 0 Å². The molecular formula is C10H16ClN3O3S. The van der Waals surface area contributed by atoms with Gasteiger partial charge in [-0.1, -0.05) is 6.92 Å². The van der Waals surface area contributed by atoms with E-state index in [1.54, 1.807) is 4.57 Å². The molecule has 0 saturated carbocycles. The Morgan fingerprint density at radius 3 is 2.72 bits per heavy atom. The first kappa shape index (κ1) is 13.8. The minimum Gasteiger partial charge on any atom is -0.378 e. The van der Waals surface area contributed by atoms with Crippen molar-refractivity contribution in [3.8, 4) is 0 Å². The lowest BCUT2D eigenvalue weighted by Crippen LogP contribution is -2.13. The normalized spacial score (nSPS) is 24.6. The van der Waals surface area contributed by atoms with Crippen LogP contribution >= 0.6 is 10.7 Å². The first-order valence-corrected chi connectivity index (χ1v) is 8.23. The highest BCUT2D eigenvalue weighted by Gasteiger charge is 2.31. The summed E-state index contributed by atoms with van der Waals surface area (Å²) < 4.78 is 29.9. The van der Waals surface area contributed by atoms with Crippen LogP contribution in [0.15, 0.2) is 5.16 Å². The van der Waals surface area contributed by atoms with Gasteiger partial charge in [0.05, 0.1) is 12.7 Å². The third kappa shape index (κ3) is 2.67. The molecular weight excluding hydrogens is 278 g/mol. The van der Waals surface area contributed by atoms with E-state index in [0.29, 0.717) is 19.0 Å². The second kappa shape index (κ2) is 5.14. The number of hydrogen-bond donors (Lipinski definition) is 0. The molecule has 0 spiro atoms. The molecule has 2 heterocycles. The molecule has 18 heavy (non-hydrogen) atoms. The van der Waals surface area contributed by atoms with Crippen LogP contribution in [-0.2, 0) is 20.3 Å². The number of hydrogen-bond acceptors (Lipinski definition) is 5. The molecule has 0 radical (unpaired) electrons. The van der Waals surface area contributed by atoms with E-state index in [-0.39, 0.29) is 17.2 Å². The third-order valence-electron chi connectivity index (χ3n) is 2.97. The first-order valence-electron chi connectivity index (χ1n) is 5.92. The molecule has 1 fully saturated rings. The molecule has 1 aliphatic heterocycles. The number of rotatable bonds is 4. The molecule has 0 bridgehead atoms. The number of halogens is 1. The topological polar surface area (TPSA) is 74.1 Å². The Hall–Kier alpha value is -0.660. The number of nitrogens with zero attached hydrogens (tertiary/aromatic N) is 3. The zero-order valence-electron chi connectivity index (χ0n) is 10.3. The monoisotopic (exact) mass is 293 g/mol. The van der Waals surface area contributed by atoms with Crippen molar-refractivity contribution >= 4 is 19.7 Å². The van der Waals surface area contributed by atoms with Crippen molar-refractivity contribution in [1.29, 1.82) is 0 Å². The fourth-order valence-electron chi connectivity index (χ4n) is 2.21. The maximum atomic E-state index is 11.4. The molecule has 0 aromatic carbocycles. The van der Waals surface area contributed by atoms with Crippen LogP contribution in [0.2, 0.25) is 0 Å². The Kier molecular flexibility index (Phi) is 3.93. The van der Waals surface area contributed by atoms with Gasteiger partial charge in [-0.25, -0.2) is 8.42 Å². The van der Waals surface area contributed by atoms with Gasteiger partial charge in [0.1, 0.15) is 5.82 Å². The Balaban J connectivity index is 2.39. The van der Waals surface area contributed by atoms with Crippen molar-refractivity contribution < 1.29 is 13.2 Å². The van der Waals surface area contributed by atoms with E-state index in [2.05, 4.69) is 10.2 Å². The molecule has 0 aliphatic carbocycles. The summed E-state index contributed by atoms with van der Waals surface area (Å²) in [6.07, 6.45) is 1.77. The minimum absolute atomic E-state index is 0.0891. The van der Waals surface area contributed by atoms with Gasteiger partial charge in [0.25, 0.3) is 14.2 Å².